The summed E-state index contributed by atoms with van der Waals surface area (Å²) in [5.74, 6) is 2.25. The Labute approximate surface area is 100 Å². The lowest BCUT2D eigenvalue weighted by Gasteiger charge is -2.15. The smallest absolute Gasteiger partial charge is 0.245 e. The maximum Gasteiger partial charge on any atom is 0.245 e. The van der Waals surface area contributed by atoms with Crippen LogP contribution in [0.3, 0.4) is 0 Å². The van der Waals surface area contributed by atoms with Gasteiger partial charge in [-0.1, -0.05) is 17.5 Å². The van der Waals surface area contributed by atoms with Crippen LogP contribution in [0.4, 0.5) is 5.69 Å². The highest BCUT2D eigenvalue weighted by molar-refractivity contribution is 7.89. The molecule has 0 unspecified atom stereocenters. The van der Waals surface area contributed by atoms with Gasteiger partial charge in [0, 0.05) is 12.1 Å². The third-order valence-corrected chi connectivity index (χ3v) is 4.09. The molecule has 0 saturated heterocycles. The summed E-state index contributed by atoms with van der Waals surface area (Å²) in [6.07, 6.45) is 5.06. The Balaban J connectivity index is 3.23. The molecule has 2 N–H and O–H groups in total. The fourth-order valence-electron chi connectivity index (χ4n) is 1.14. The van der Waals surface area contributed by atoms with Crippen LogP contribution in [-0.2, 0) is 10.0 Å². The zero-order chi connectivity index (χ0) is 12.3. The summed E-state index contributed by atoms with van der Waals surface area (Å²) >= 11 is 5.69. The van der Waals surface area contributed by atoms with Crippen LogP contribution in [0.2, 0.25) is 5.02 Å². The molecule has 4 nitrogen and oxygen atoms in total. The van der Waals surface area contributed by atoms with E-state index < -0.39 is 10.0 Å². The van der Waals surface area contributed by atoms with Gasteiger partial charge in [0.05, 0.1) is 12.2 Å². The van der Waals surface area contributed by atoms with Crippen LogP contribution >= 0.6 is 11.6 Å². The number of sulfonamides is 1. The lowest BCUT2D eigenvalue weighted by molar-refractivity contribution is 0.503. The van der Waals surface area contributed by atoms with Crippen LogP contribution in [-0.4, -0.2) is 26.3 Å². The predicted molar refractivity (Wildman–Crippen MR) is 64.5 cm³/mol. The van der Waals surface area contributed by atoms with Crippen molar-refractivity contribution >= 4 is 27.3 Å². The molecule has 0 heterocycles. The maximum atomic E-state index is 12.0. The molecule has 0 aliphatic heterocycles. The Morgan fingerprint density at radius 1 is 1.56 bits per heavy atom. The van der Waals surface area contributed by atoms with Crippen molar-refractivity contribution in [2.75, 3.05) is 19.3 Å². The summed E-state index contributed by atoms with van der Waals surface area (Å²) in [6.45, 7) is -0.00952. The summed E-state index contributed by atoms with van der Waals surface area (Å²) in [5.41, 5.74) is 5.71. The Morgan fingerprint density at radius 3 is 2.69 bits per heavy atom. The average Bonchev–Trinajstić information content (AvgIpc) is 2.17. The minimum Gasteiger partial charge on any atom is -0.398 e. The summed E-state index contributed by atoms with van der Waals surface area (Å²) in [5, 5.41) is 0.385. The van der Waals surface area contributed by atoms with Crippen molar-refractivity contribution in [2.45, 2.75) is 4.90 Å². The quantitative estimate of drug-likeness (QED) is 0.654. The number of nitrogens with two attached hydrogens (primary N) is 1. The van der Waals surface area contributed by atoms with Crippen molar-refractivity contribution in [3.05, 3.63) is 23.2 Å². The second kappa shape index (κ2) is 4.74. The number of nitrogen functional groups attached to an aromatic ring is 1. The number of halogens is 1. The van der Waals surface area contributed by atoms with Gasteiger partial charge >= 0.3 is 0 Å². The van der Waals surface area contributed by atoms with E-state index >= 15 is 0 Å². The molecule has 16 heavy (non-hydrogen) atoms. The molecule has 0 aliphatic carbocycles. The largest absolute Gasteiger partial charge is 0.398 e. The van der Waals surface area contributed by atoms with Gasteiger partial charge in [-0.15, -0.1) is 6.42 Å². The van der Waals surface area contributed by atoms with E-state index in [-0.39, 0.29) is 17.1 Å². The van der Waals surface area contributed by atoms with Crippen molar-refractivity contribution in [1.82, 2.24) is 4.31 Å². The fourth-order valence-corrected chi connectivity index (χ4v) is 2.49. The highest BCUT2D eigenvalue weighted by Crippen LogP contribution is 2.24. The normalized spacial score (nSPS) is 11.4. The minimum absolute atomic E-state index is 0.00894. The SMILES string of the molecule is C#CCN(C)S(=O)(=O)c1ccc(Cl)cc1N. The predicted octanol–water partition coefficient (Wildman–Crippen LogP) is 1.18. The van der Waals surface area contributed by atoms with Crippen molar-refractivity contribution in [3.8, 4) is 12.3 Å². The molecule has 0 fully saturated rings. The van der Waals surface area contributed by atoms with Gasteiger partial charge < -0.3 is 5.73 Å². The third kappa shape index (κ3) is 2.47. The summed E-state index contributed by atoms with van der Waals surface area (Å²) in [7, 11) is -2.25. The van der Waals surface area contributed by atoms with Gasteiger partial charge in [0.1, 0.15) is 4.90 Å². The van der Waals surface area contributed by atoms with Crippen LogP contribution in [0, 0.1) is 12.3 Å². The van der Waals surface area contributed by atoms with Crippen LogP contribution in [0.15, 0.2) is 23.1 Å². The molecule has 0 bridgehead atoms. The van der Waals surface area contributed by atoms with E-state index in [1.807, 2.05) is 0 Å². The number of benzene rings is 1. The molecule has 0 aromatic heterocycles. The molecule has 86 valence electrons. The zero-order valence-corrected chi connectivity index (χ0v) is 10.2. The lowest BCUT2D eigenvalue weighted by atomic mass is 10.3. The van der Waals surface area contributed by atoms with Crippen LogP contribution in [0.25, 0.3) is 0 Å². The molecule has 0 saturated carbocycles. The first-order chi connectivity index (χ1) is 7.39. The number of nitrogens with zero attached hydrogens (tertiary/aromatic N) is 1. The van der Waals surface area contributed by atoms with Crippen LogP contribution in [0.1, 0.15) is 0 Å². The highest BCUT2D eigenvalue weighted by atomic mass is 35.5. The van der Waals surface area contributed by atoms with E-state index in [0.717, 1.165) is 4.31 Å². The third-order valence-electron chi connectivity index (χ3n) is 1.97. The molecule has 0 amide bonds. The first-order valence-corrected chi connectivity index (χ1v) is 6.16. The molecule has 0 spiro atoms. The Morgan fingerprint density at radius 2 is 2.19 bits per heavy atom. The van der Waals surface area contributed by atoms with E-state index in [4.69, 9.17) is 23.8 Å². The molecule has 1 aromatic rings. The monoisotopic (exact) mass is 258 g/mol. The Hall–Kier alpha value is -1.22. The van der Waals surface area contributed by atoms with Gasteiger partial charge in [-0.25, -0.2) is 8.42 Å². The van der Waals surface area contributed by atoms with Crippen molar-refractivity contribution in [2.24, 2.45) is 0 Å². The molecular formula is C10H11ClN2O2S. The van der Waals surface area contributed by atoms with Gasteiger partial charge in [0.2, 0.25) is 10.0 Å². The number of hydrogen-bond donors (Lipinski definition) is 1. The molecule has 0 aliphatic rings. The average molecular weight is 259 g/mol. The van der Waals surface area contributed by atoms with Crippen LogP contribution < -0.4 is 5.73 Å². The van der Waals surface area contributed by atoms with Gasteiger partial charge in [-0.3, -0.25) is 0 Å². The Kier molecular flexibility index (Phi) is 3.81. The van der Waals surface area contributed by atoms with Crippen molar-refractivity contribution < 1.29 is 8.42 Å². The topological polar surface area (TPSA) is 63.4 Å². The molecule has 1 aromatic carbocycles. The zero-order valence-electron chi connectivity index (χ0n) is 8.64. The fraction of sp³-hybridized carbons (Fsp3) is 0.200. The molecule has 0 atom stereocenters. The van der Waals surface area contributed by atoms with Gasteiger partial charge in [-0.05, 0) is 18.2 Å². The van der Waals surface area contributed by atoms with Gasteiger partial charge in [-0.2, -0.15) is 4.31 Å². The van der Waals surface area contributed by atoms with E-state index in [0.29, 0.717) is 5.02 Å². The number of terminal acetylenes is 1. The van der Waals surface area contributed by atoms with Crippen LogP contribution in [0.5, 0.6) is 0 Å². The summed E-state index contributed by atoms with van der Waals surface area (Å²) < 4.78 is 25.0. The Bertz CT molecular complexity index is 534. The van der Waals surface area contributed by atoms with Gasteiger partial charge in [0.15, 0.2) is 0 Å². The van der Waals surface area contributed by atoms with Gasteiger partial charge in [0.25, 0.3) is 0 Å². The van der Waals surface area contributed by atoms with Crippen molar-refractivity contribution in [3.63, 3.8) is 0 Å². The summed E-state index contributed by atoms with van der Waals surface area (Å²) in [6, 6.07) is 4.21. The molecular weight excluding hydrogens is 248 g/mol. The minimum atomic E-state index is -3.64. The molecule has 0 radical (unpaired) electrons. The molecule has 6 heteroatoms. The maximum absolute atomic E-state index is 12.0. The van der Waals surface area contributed by atoms with Crippen molar-refractivity contribution in [1.29, 1.82) is 0 Å². The van der Waals surface area contributed by atoms with E-state index in [1.54, 1.807) is 0 Å². The highest BCUT2D eigenvalue weighted by Gasteiger charge is 2.22. The van der Waals surface area contributed by atoms with E-state index in [2.05, 4.69) is 5.92 Å². The standard InChI is InChI=1S/C10H11ClN2O2S/c1-3-6-13(2)16(14,15)10-5-4-8(11)7-9(10)12/h1,4-5,7H,6,12H2,2H3. The second-order valence-corrected chi connectivity index (χ2v) is 5.60. The number of rotatable bonds is 3. The first kappa shape index (κ1) is 12.8. The lowest BCUT2D eigenvalue weighted by Crippen LogP contribution is -2.27. The first-order valence-electron chi connectivity index (χ1n) is 4.34. The number of hydrogen-bond acceptors (Lipinski definition) is 3. The second-order valence-electron chi connectivity index (χ2n) is 3.15. The summed E-state index contributed by atoms with van der Waals surface area (Å²) in [4.78, 5) is 0.00894. The van der Waals surface area contributed by atoms with E-state index in [1.165, 1.54) is 25.2 Å². The molecule has 1 rings (SSSR count). The number of anilines is 1. The van der Waals surface area contributed by atoms with E-state index in [9.17, 15) is 8.42 Å².